The topological polar surface area (TPSA) is 101 Å². The molecule has 110 valence electrons. The summed E-state index contributed by atoms with van der Waals surface area (Å²) in [7, 11) is -2.36. The van der Waals surface area contributed by atoms with Crippen molar-refractivity contribution in [3.05, 3.63) is 20.6 Å². The molecule has 0 unspecified atom stereocenters. The van der Waals surface area contributed by atoms with E-state index < -0.39 is 10.0 Å². The highest BCUT2D eigenvalue weighted by molar-refractivity contribution is 9.10. The molecule has 7 nitrogen and oxygen atoms in total. The number of hydrogen-bond acceptors (Lipinski definition) is 6. The van der Waals surface area contributed by atoms with Crippen LogP contribution in [0.3, 0.4) is 0 Å². The van der Waals surface area contributed by atoms with Crippen molar-refractivity contribution in [2.45, 2.75) is 24.3 Å². The Balaban J connectivity index is 2.03. The molecule has 3 rings (SSSR count). The lowest BCUT2D eigenvalue weighted by Crippen LogP contribution is -2.17. The average molecular weight is 388 g/mol. The first kappa shape index (κ1) is 14.5. The van der Waals surface area contributed by atoms with Gasteiger partial charge in [-0.25, -0.2) is 4.68 Å². The number of nitrogens with one attached hydrogen (secondary N) is 1. The van der Waals surface area contributed by atoms with E-state index in [-0.39, 0.29) is 9.63 Å². The van der Waals surface area contributed by atoms with Crippen LogP contribution < -0.4 is 4.72 Å². The molecule has 0 saturated heterocycles. The molecule has 2 aromatic heterocycles. The second kappa shape index (κ2) is 5.08. The Kier molecular flexibility index (Phi) is 3.51. The van der Waals surface area contributed by atoms with Gasteiger partial charge in [0.2, 0.25) is 5.03 Å². The maximum Gasteiger partial charge on any atom is 0.282 e. The lowest BCUT2D eigenvalue weighted by molar-refractivity contribution is 0.578. The van der Waals surface area contributed by atoms with Crippen LogP contribution in [0.2, 0.25) is 0 Å². The van der Waals surface area contributed by atoms with E-state index in [9.17, 15) is 13.7 Å². The Labute approximate surface area is 133 Å². The zero-order valence-electron chi connectivity index (χ0n) is 10.9. The fourth-order valence-corrected chi connectivity index (χ4v) is 6.02. The molecule has 0 saturated carbocycles. The van der Waals surface area contributed by atoms with Gasteiger partial charge >= 0.3 is 0 Å². The fraction of sp³-hybridized carbons (Fsp3) is 0.364. The first-order chi connectivity index (χ1) is 9.94. The van der Waals surface area contributed by atoms with Crippen molar-refractivity contribution in [1.82, 2.24) is 15.0 Å². The van der Waals surface area contributed by atoms with Gasteiger partial charge in [-0.1, -0.05) is 5.21 Å². The molecule has 21 heavy (non-hydrogen) atoms. The third-order valence-corrected chi connectivity index (χ3v) is 6.82. The summed E-state index contributed by atoms with van der Waals surface area (Å²) in [5.41, 5.74) is 1.41. The second-order valence-corrected chi connectivity index (χ2v) is 8.04. The molecule has 2 aromatic rings. The Morgan fingerprint density at radius 1 is 1.48 bits per heavy atom. The Morgan fingerprint density at radius 2 is 2.24 bits per heavy atom. The van der Waals surface area contributed by atoms with Gasteiger partial charge in [0, 0.05) is 11.9 Å². The number of halogens is 1. The van der Waals surface area contributed by atoms with Crippen molar-refractivity contribution < 1.29 is 8.42 Å². The summed E-state index contributed by atoms with van der Waals surface area (Å²) in [5, 5.41) is 16.9. The molecule has 1 aliphatic rings. The Bertz CT molecular complexity index is 843. The molecule has 0 aromatic carbocycles. The lowest BCUT2D eigenvalue weighted by Gasteiger charge is -2.06. The number of aromatic nitrogens is 3. The number of nitrogens with zero attached hydrogens (tertiary/aromatic N) is 4. The van der Waals surface area contributed by atoms with Crippen LogP contribution in [0.1, 0.15) is 22.4 Å². The summed E-state index contributed by atoms with van der Waals surface area (Å²) in [6.07, 6.45) is 2.74. The number of aryl methyl sites for hydroxylation is 2. The van der Waals surface area contributed by atoms with E-state index in [1.165, 1.54) is 23.1 Å². The SMILES string of the molecule is Cn1nnc(Br)c1S(=O)(=O)Nc1sc2c(c1C#N)CCC2. The zero-order valence-corrected chi connectivity index (χ0v) is 14.1. The van der Waals surface area contributed by atoms with Gasteiger partial charge in [0.05, 0.1) is 5.56 Å². The zero-order chi connectivity index (χ0) is 15.2. The number of rotatable bonds is 3. The van der Waals surface area contributed by atoms with Crippen LogP contribution >= 0.6 is 27.3 Å². The molecule has 0 atom stereocenters. The maximum absolute atomic E-state index is 12.5. The van der Waals surface area contributed by atoms with Gasteiger partial charge in [-0.05, 0) is 40.8 Å². The fourth-order valence-electron chi connectivity index (χ4n) is 2.37. The van der Waals surface area contributed by atoms with Gasteiger partial charge in [0.15, 0.2) is 4.60 Å². The molecule has 2 heterocycles. The van der Waals surface area contributed by atoms with Crippen molar-refractivity contribution >= 4 is 42.3 Å². The average Bonchev–Trinajstić information content (AvgIpc) is 3.04. The van der Waals surface area contributed by atoms with Gasteiger partial charge < -0.3 is 0 Å². The molecular weight excluding hydrogens is 378 g/mol. The third kappa shape index (κ3) is 2.35. The number of sulfonamides is 1. The van der Waals surface area contributed by atoms with Gasteiger partial charge in [-0.2, -0.15) is 13.7 Å². The van der Waals surface area contributed by atoms with E-state index in [1.807, 2.05) is 0 Å². The minimum absolute atomic E-state index is 0.0695. The molecule has 10 heteroatoms. The monoisotopic (exact) mass is 387 g/mol. The Hall–Kier alpha value is -1.44. The summed E-state index contributed by atoms with van der Waals surface area (Å²) in [4.78, 5) is 1.09. The first-order valence-corrected chi connectivity index (χ1v) is 9.16. The normalized spacial score (nSPS) is 14.0. The highest BCUT2D eigenvalue weighted by Crippen LogP contribution is 2.39. The molecule has 1 aliphatic carbocycles. The van der Waals surface area contributed by atoms with Crippen LogP contribution in [0.5, 0.6) is 0 Å². The summed E-state index contributed by atoms with van der Waals surface area (Å²) < 4.78 is 28.7. The van der Waals surface area contributed by atoms with Crippen molar-refractivity contribution in [2.24, 2.45) is 7.05 Å². The molecule has 0 fully saturated rings. The smallest absolute Gasteiger partial charge is 0.268 e. The van der Waals surface area contributed by atoms with E-state index in [0.29, 0.717) is 10.6 Å². The van der Waals surface area contributed by atoms with Crippen LogP contribution in [0.25, 0.3) is 0 Å². The van der Waals surface area contributed by atoms with E-state index in [0.717, 1.165) is 29.7 Å². The van der Waals surface area contributed by atoms with E-state index in [1.54, 1.807) is 0 Å². The molecule has 0 radical (unpaired) electrons. The van der Waals surface area contributed by atoms with Crippen molar-refractivity contribution in [3.63, 3.8) is 0 Å². The predicted molar refractivity (Wildman–Crippen MR) is 80.6 cm³/mol. The molecule has 0 aliphatic heterocycles. The van der Waals surface area contributed by atoms with Crippen molar-refractivity contribution in [3.8, 4) is 6.07 Å². The molecule has 1 N–H and O–H groups in total. The number of anilines is 1. The van der Waals surface area contributed by atoms with Crippen LogP contribution in [0.4, 0.5) is 5.00 Å². The third-order valence-electron chi connectivity index (χ3n) is 3.25. The standard InChI is InChI=1S/C11H10BrN5O2S2/c1-17-11(9(12)14-16-17)21(18,19)15-10-7(5-13)6-3-2-4-8(6)20-10/h15H,2-4H2,1H3. The van der Waals surface area contributed by atoms with Crippen LogP contribution in [0, 0.1) is 11.3 Å². The largest absolute Gasteiger partial charge is 0.282 e. The van der Waals surface area contributed by atoms with Gasteiger partial charge in [-0.3, -0.25) is 4.72 Å². The molecule has 0 bridgehead atoms. The summed E-state index contributed by atoms with van der Waals surface area (Å²) in [6.45, 7) is 0. The summed E-state index contributed by atoms with van der Waals surface area (Å²) >= 11 is 4.40. The quantitative estimate of drug-likeness (QED) is 0.864. The van der Waals surface area contributed by atoms with Crippen LogP contribution in [-0.4, -0.2) is 23.4 Å². The Morgan fingerprint density at radius 3 is 2.86 bits per heavy atom. The number of thiophene rings is 1. The maximum atomic E-state index is 12.5. The van der Waals surface area contributed by atoms with E-state index in [4.69, 9.17) is 0 Å². The number of hydrogen-bond donors (Lipinski definition) is 1. The molecular formula is C11H10BrN5O2S2. The van der Waals surface area contributed by atoms with E-state index >= 15 is 0 Å². The second-order valence-electron chi connectivity index (χ2n) is 4.59. The van der Waals surface area contributed by atoms with Crippen LogP contribution in [0.15, 0.2) is 9.63 Å². The number of fused-ring (bicyclic) bond motifs is 1. The minimum Gasteiger partial charge on any atom is -0.268 e. The molecule has 0 spiro atoms. The highest BCUT2D eigenvalue weighted by atomic mass is 79.9. The van der Waals surface area contributed by atoms with E-state index in [2.05, 4.69) is 37.0 Å². The summed E-state index contributed by atoms with van der Waals surface area (Å²) in [6, 6.07) is 2.11. The number of nitriles is 1. The van der Waals surface area contributed by atoms with Gasteiger partial charge in [-0.15, -0.1) is 16.4 Å². The minimum atomic E-state index is -3.85. The first-order valence-electron chi connectivity index (χ1n) is 6.06. The molecule has 0 amide bonds. The van der Waals surface area contributed by atoms with Gasteiger partial charge in [0.25, 0.3) is 10.0 Å². The lowest BCUT2D eigenvalue weighted by atomic mass is 10.1. The van der Waals surface area contributed by atoms with Crippen molar-refractivity contribution in [2.75, 3.05) is 4.72 Å². The van der Waals surface area contributed by atoms with Gasteiger partial charge in [0.1, 0.15) is 11.1 Å². The van der Waals surface area contributed by atoms with Crippen molar-refractivity contribution in [1.29, 1.82) is 5.26 Å². The summed E-state index contributed by atoms with van der Waals surface area (Å²) in [5.74, 6) is 0. The predicted octanol–water partition coefficient (Wildman–Crippen LogP) is 1.80. The van der Waals surface area contributed by atoms with Crippen LogP contribution in [-0.2, 0) is 29.9 Å². The highest BCUT2D eigenvalue weighted by Gasteiger charge is 2.28.